The van der Waals surface area contributed by atoms with E-state index in [9.17, 15) is 9.59 Å². The number of nitrogens with one attached hydrogen (secondary N) is 3. The molecule has 2 aromatic rings. The van der Waals surface area contributed by atoms with Crippen LogP contribution in [0.25, 0.3) is 0 Å². The number of amides is 3. The molecule has 0 saturated carbocycles. The van der Waals surface area contributed by atoms with Gasteiger partial charge in [0.1, 0.15) is 12.4 Å². The number of allylic oxidation sites excluding steroid dienone is 1. The lowest BCUT2D eigenvalue weighted by Gasteiger charge is -2.29. The van der Waals surface area contributed by atoms with Crippen molar-refractivity contribution in [3.8, 4) is 29.6 Å². The zero-order chi connectivity index (χ0) is 23.1. The van der Waals surface area contributed by atoms with Crippen LogP contribution in [0.15, 0.2) is 53.7 Å². The lowest BCUT2D eigenvalue weighted by Crippen LogP contribution is -2.46. The first-order valence-electron chi connectivity index (χ1n) is 10.0. The van der Waals surface area contributed by atoms with Gasteiger partial charge in [-0.3, -0.25) is 4.79 Å². The topological polar surface area (TPSA) is 97.9 Å². The van der Waals surface area contributed by atoms with Crippen molar-refractivity contribution < 1.29 is 23.8 Å². The highest BCUT2D eigenvalue weighted by atomic mass is 16.5. The quantitative estimate of drug-likeness (QED) is 0.553. The summed E-state index contributed by atoms with van der Waals surface area (Å²) in [5.74, 6) is 3.51. The van der Waals surface area contributed by atoms with Gasteiger partial charge in [0.15, 0.2) is 11.5 Å². The van der Waals surface area contributed by atoms with Crippen LogP contribution >= 0.6 is 0 Å². The number of carbonyl (C=O) groups is 2. The molecule has 1 unspecified atom stereocenters. The molecule has 0 spiro atoms. The fourth-order valence-electron chi connectivity index (χ4n) is 3.39. The van der Waals surface area contributed by atoms with Crippen molar-refractivity contribution in [3.05, 3.63) is 59.3 Å². The maximum absolute atomic E-state index is 13.3. The molecule has 3 N–H and O–H groups in total. The summed E-state index contributed by atoms with van der Waals surface area (Å²) in [7, 11) is 1.53. The van der Waals surface area contributed by atoms with E-state index in [1.165, 1.54) is 7.11 Å². The number of hydrogen-bond acceptors (Lipinski definition) is 5. The number of terminal acetylenes is 1. The van der Waals surface area contributed by atoms with Gasteiger partial charge in [0, 0.05) is 5.70 Å². The summed E-state index contributed by atoms with van der Waals surface area (Å²) >= 11 is 0. The predicted octanol–water partition coefficient (Wildman–Crippen LogP) is 3.37. The third kappa shape index (κ3) is 4.95. The van der Waals surface area contributed by atoms with E-state index in [2.05, 4.69) is 21.9 Å². The van der Waals surface area contributed by atoms with Crippen LogP contribution in [0.2, 0.25) is 0 Å². The lowest BCUT2D eigenvalue weighted by atomic mass is 9.94. The van der Waals surface area contributed by atoms with Crippen LogP contribution in [-0.2, 0) is 4.79 Å². The van der Waals surface area contributed by atoms with E-state index in [-0.39, 0.29) is 12.5 Å². The predicted molar refractivity (Wildman–Crippen MR) is 121 cm³/mol. The molecule has 0 aliphatic carbocycles. The largest absolute Gasteiger partial charge is 0.495 e. The Balaban J connectivity index is 1.97. The summed E-state index contributed by atoms with van der Waals surface area (Å²) in [6.45, 7) is 4.02. The first-order valence-corrected chi connectivity index (χ1v) is 10.0. The average molecular weight is 435 g/mol. The molecule has 8 heteroatoms. The van der Waals surface area contributed by atoms with Gasteiger partial charge in [-0.1, -0.05) is 24.1 Å². The summed E-state index contributed by atoms with van der Waals surface area (Å²) in [5, 5.41) is 8.34. The van der Waals surface area contributed by atoms with Crippen molar-refractivity contribution in [2.45, 2.75) is 19.9 Å². The van der Waals surface area contributed by atoms with Crippen molar-refractivity contribution in [1.82, 2.24) is 10.6 Å². The number of benzene rings is 2. The van der Waals surface area contributed by atoms with Crippen molar-refractivity contribution in [3.63, 3.8) is 0 Å². The molecular weight excluding hydrogens is 410 g/mol. The Morgan fingerprint density at radius 2 is 1.94 bits per heavy atom. The average Bonchev–Trinajstić information content (AvgIpc) is 2.78. The summed E-state index contributed by atoms with van der Waals surface area (Å²) in [5.41, 5.74) is 1.97. The maximum Gasteiger partial charge on any atom is 0.319 e. The molecule has 2 aromatic carbocycles. The molecule has 8 nitrogen and oxygen atoms in total. The number of hydrogen-bond donors (Lipinski definition) is 3. The third-order valence-corrected chi connectivity index (χ3v) is 4.78. The van der Waals surface area contributed by atoms with Gasteiger partial charge in [0.25, 0.3) is 5.91 Å². The van der Waals surface area contributed by atoms with Gasteiger partial charge in [-0.05, 0) is 43.7 Å². The van der Waals surface area contributed by atoms with E-state index in [0.717, 1.165) is 0 Å². The molecule has 0 radical (unpaired) electrons. The van der Waals surface area contributed by atoms with E-state index >= 15 is 0 Å². The van der Waals surface area contributed by atoms with Crippen LogP contribution in [0.3, 0.4) is 0 Å². The highest BCUT2D eigenvalue weighted by Gasteiger charge is 2.32. The first kappa shape index (κ1) is 22.6. The fourth-order valence-corrected chi connectivity index (χ4v) is 3.39. The van der Waals surface area contributed by atoms with Crippen molar-refractivity contribution in [1.29, 1.82) is 0 Å². The minimum atomic E-state index is -0.709. The zero-order valence-corrected chi connectivity index (χ0v) is 18.2. The fraction of sp³-hybridized carbons (Fsp3) is 0.250. The number of carbonyl (C=O) groups excluding carboxylic acids is 2. The summed E-state index contributed by atoms with van der Waals surface area (Å²) < 4.78 is 16.5. The van der Waals surface area contributed by atoms with E-state index < -0.39 is 12.1 Å². The van der Waals surface area contributed by atoms with Crippen LogP contribution in [0, 0.1) is 12.3 Å². The molecule has 0 aromatic heterocycles. The Bertz CT molecular complexity index is 1090. The standard InChI is InChI=1S/C24H25N3O5/c1-5-13-32-19-12-11-16(14-20(19)31-6-2)22-21(15(3)25-24(29)27-22)23(28)26-17-9-7-8-10-18(17)30-4/h1,7-12,14,22H,6,13H2,2-4H3,(H,26,28)(H2,25,27,29). The molecule has 1 heterocycles. The van der Waals surface area contributed by atoms with Gasteiger partial charge >= 0.3 is 6.03 Å². The molecule has 3 rings (SSSR count). The monoisotopic (exact) mass is 435 g/mol. The van der Waals surface area contributed by atoms with E-state index in [0.29, 0.717) is 46.4 Å². The smallest absolute Gasteiger partial charge is 0.319 e. The molecular formula is C24H25N3O5. The first-order chi connectivity index (χ1) is 15.5. The van der Waals surface area contributed by atoms with E-state index in [4.69, 9.17) is 20.6 Å². The Kier molecular flexibility index (Phi) is 7.24. The van der Waals surface area contributed by atoms with E-state index in [1.54, 1.807) is 43.3 Å². The number of rotatable bonds is 8. The van der Waals surface area contributed by atoms with Crippen LogP contribution in [0.4, 0.5) is 10.5 Å². The zero-order valence-electron chi connectivity index (χ0n) is 18.2. The highest BCUT2D eigenvalue weighted by molar-refractivity contribution is 6.07. The Morgan fingerprint density at radius 1 is 1.16 bits per heavy atom. The molecule has 1 aliphatic heterocycles. The highest BCUT2D eigenvalue weighted by Crippen LogP contribution is 2.35. The van der Waals surface area contributed by atoms with Crippen LogP contribution in [0.1, 0.15) is 25.5 Å². The third-order valence-electron chi connectivity index (χ3n) is 4.78. The van der Waals surface area contributed by atoms with Crippen LogP contribution < -0.4 is 30.2 Å². The van der Waals surface area contributed by atoms with Crippen molar-refractivity contribution in [2.75, 3.05) is 25.6 Å². The van der Waals surface area contributed by atoms with Gasteiger partial charge in [0.05, 0.1) is 31.0 Å². The molecule has 0 bridgehead atoms. The summed E-state index contributed by atoms with van der Waals surface area (Å²) in [6, 6.07) is 11.2. The molecule has 3 amide bonds. The van der Waals surface area contributed by atoms with Crippen molar-refractivity contribution >= 4 is 17.6 Å². The molecule has 166 valence electrons. The minimum Gasteiger partial charge on any atom is -0.495 e. The SMILES string of the molecule is C#CCOc1ccc(C2NC(=O)NC(C)=C2C(=O)Nc2ccccc2OC)cc1OCC. The number of anilines is 1. The molecule has 32 heavy (non-hydrogen) atoms. The number of urea groups is 1. The number of methoxy groups -OCH3 is 1. The van der Waals surface area contributed by atoms with E-state index in [1.807, 2.05) is 13.0 Å². The Hall–Kier alpha value is -4.12. The Labute approximate surface area is 186 Å². The van der Waals surface area contributed by atoms with Crippen molar-refractivity contribution in [2.24, 2.45) is 0 Å². The second-order valence-electron chi connectivity index (χ2n) is 6.86. The van der Waals surface area contributed by atoms with Gasteiger partial charge in [-0.15, -0.1) is 6.42 Å². The molecule has 1 aliphatic rings. The van der Waals surface area contributed by atoms with Gasteiger partial charge in [0.2, 0.25) is 0 Å². The Morgan fingerprint density at radius 3 is 2.66 bits per heavy atom. The number of para-hydroxylation sites is 2. The molecule has 1 atom stereocenters. The lowest BCUT2D eigenvalue weighted by molar-refractivity contribution is -0.113. The second kappa shape index (κ2) is 10.3. The summed E-state index contributed by atoms with van der Waals surface area (Å²) in [6.07, 6.45) is 5.28. The normalized spacial score (nSPS) is 15.2. The summed E-state index contributed by atoms with van der Waals surface area (Å²) in [4.78, 5) is 25.5. The molecule has 0 saturated heterocycles. The maximum atomic E-state index is 13.3. The van der Waals surface area contributed by atoms with Gasteiger partial charge < -0.3 is 30.2 Å². The van der Waals surface area contributed by atoms with Crippen LogP contribution in [0.5, 0.6) is 17.2 Å². The second-order valence-corrected chi connectivity index (χ2v) is 6.86. The van der Waals surface area contributed by atoms with Gasteiger partial charge in [-0.2, -0.15) is 0 Å². The molecule has 0 fully saturated rings. The van der Waals surface area contributed by atoms with Crippen LogP contribution in [-0.4, -0.2) is 32.3 Å². The number of ether oxygens (including phenoxy) is 3. The van der Waals surface area contributed by atoms with Gasteiger partial charge in [-0.25, -0.2) is 4.79 Å². The minimum absolute atomic E-state index is 0.0923.